The molecule has 1 N–H and O–H groups in total. The van der Waals surface area contributed by atoms with Gasteiger partial charge >= 0.3 is 0 Å². The van der Waals surface area contributed by atoms with E-state index in [0.29, 0.717) is 25.4 Å². The highest BCUT2D eigenvalue weighted by atomic mass is 16.3. The molecule has 0 aromatic rings. The molecule has 2 atom stereocenters. The standard InChI is InChI=1S/C15H26N2O3/c1-3-14(19)17-9-5-4-6-12(17)15(20)16(2)10-13(18)11-7-8-11/h11-13,18H,3-10H2,1-2H3. The van der Waals surface area contributed by atoms with Crippen molar-refractivity contribution in [1.29, 1.82) is 0 Å². The zero-order chi connectivity index (χ0) is 14.7. The van der Waals surface area contributed by atoms with E-state index >= 15 is 0 Å². The van der Waals surface area contributed by atoms with Crippen molar-refractivity contribution >= 4 is 11.8 Å². The molecule has 1 aliphatic carbocycles. The number of hydrogen-bond acceptors (Lipinski definition) is 3. The summed E-state index contributed by atoms with van der Waals surface area (Å²) >= 11 is 0. The van der Waals surface area contributed by atoms with E-state index in [0.717, 1.165) is 32.1 Å². The topological polar surface area (TPSA) is 60.9 Å². The molecule has 1 aliphatic heterocycles. The first-order chi connectivity index (χ1) is 9.54. The van der Waals surface area contributed by atoms with Crippen LogP contribution in [0.2, 0.25) is 0 Å². The van der Waals surface area contributed by atoms with Crippen LogP contribution in [-0.2, 0) is 9.59 Å². The molecular formula is C15H26N2O3. The average Bonchev–Trinajstić information content (AvgIpc) is 3.30. The third-order valence-corrected chi connectivity index (χ3v) is 4.41. The lowest BCUT2D eigenvalue weighted by Gasteiger charge is -2.37. The highest BCUT2D eigenvalue weighted by Crippen LogP contribution is 2.33. The molecule has 2 unspecified atom stereocenters. The van der Waals surface area contributed by atoms with Crippen molar-refractivity contribution in [2.75, 3.05) is 20.1 Å². The lowest BCUT2D eigenvalue weighted by molar-refractivity contribution is -0.147. The molecule has 1 saturated carbocycles. The number of nitrogens with zero attached hydrogens (tertiary/aromatic N) is 2. The highest BCUT2D eigenvalue weighted by Gasteiger charge is 2.35. The zero-order valence-electron chi connectivity index (χ0n) is 12.5. The second-order valence-corrected chi connectivity index (χ2v) is 6.08. The number of hydrogen-bond donors (Lipinski definition) is 1. The predicted molar refractivity (Wildman–Crippen MR) is 76.0 cm³/mol. The van der Waals surface area contributed by atoms with E-state index in [9.17, 15) is 14.7 Å². The fraction of sp³-hybridized carbons (Fsp3) is 0.867. The number of rotatable bonds is 5. The minimum atomic E-state index is -0.414. The van der Waals surface area contributed by atoms with Gasteiger partial charge < -0.3 is 14.9 Å². The lowest BCUT2D eigenvalue weighted by atomic mass is 10.00. The number of aliphatic hydroxyl groups is 1. The summed E-state index contributed by atoms with van der Waals surface area (Å²) in [6.07, 6.45) is 4.86. The number of carbonyl (C=O) groups excluding carboxylic acids is 2. The van der Waals surface area contributed by atoms with Gasteiger partial charge in [0.2, 0.25) is 11.8 Å². The van der Waals surface area contributed by atoms with E-state index in [1.54, 1.807) is 16.8 Å². The number of carbonyl (C=O) groups is 2. The van der Waals surface area contributed by atoms with Crippen LogP contribution in [0.15, 0.2) is 0 Å². The van der Waals surface area contributed by atoms with E-state index in [1.165, 1.54) is 0 Å². The van der Waals surface area contributed by atoms with Gasteiger partial charge in [-0.2, -0.15) is 0 Å². The number of piperidine rings is 1. The first kappa shape index (κ1) is 15.3. The summed E-state index contributed by atoms with van der Waals surface area (Å²) < 4.78 is 0. The van der Waals surface area contributed by atoms with Crippen molar-refractivity contribution in [3.63, 3.8) is 0 Å². The summed E-state index contributed by atoms with van der Waals surface area (Å²) in [4.78, 5) is 27.8. The summed E-state index contributed by atoms with van der Waals surface area (Å²) in [5.74, 6) is 0.398. The van der Waals surface area contributed by atoms with Crippen molar-refractivity contribution < 1.29 is 14.7 Å². The minimum Gasteiger partial charge on any atom is -0.391 e. The first-order valence-corrected chi connectivity index (χ1v) is 7.77. The van der Waals surface area contributed by atoms with Crippen molar-refractivity contribution in [2.45, 2.75) is 57.6 Å². The van der Waals surface area contributed by atoms with Crippen LogP contribution in [0.4, 0.5) is 0 Å². The van der Waals surface area contributed by atoms with E-state index in [-0.39, 0.29) is 17.9 Å². The summed E-state index contributed by atoms with van der Waals surface area (Å²) in [5, 5.41) is 9.95. The monoisotopic (exact) mass is 282 g/mol. The van der Waals surface area contributed by atoms with Gasteiger partial charge in [-0.25, -0.2) is 0 Å². The van der Waals surface area contributed by atoms with Gasteiger partial charge in [0, 0.05) is 26.6 Å². The Hall–Kier alpha value is -1.10. The van der Waals surface area contributed by atoms with E-state index < -0.39 is 6.10 Å². The predicted octanol–water partition coefficient (Wildman–Crippen LogP) is 1.01. The highest BCUT2D eigenvalue weighted by molar-refractivity contribution is 5.87. The zero-order valence-corrected chi connectivity index (χ0v) is 12.5. The van der Waals surface area contributed by atoms with Crippen molar-refractivity contribution in [3.8, 4) is 0 Å². The molecule has 0 bridgehead atoms. The lowest BCUT2D eigenvalue weighted by Crippen LogP contribution is -2.53. The smallest absolute Gasteiger partial charge is 0.245 e. The molecular weight excluding hydrogens is 256 g/mol. The Balaban J connectivity index is 1.95. The van der Waals surface area contributed by atoms with Crippen LogP contribution >= 0.6 is 0 Å². The normalized spacial score (nSPS) is 24.4. The van der Waals surface area contributed by atoms with Crippen LogP contribution in [0, 0.1) is 5.92 Å². The van der Waals surface area contributed by atoms with E-state index in [1.807, 2.05) is 6.92 Å². The third kappa shape index (κ3) is 3.51. The number of likely N-dealkylation sites (N-methyl/N-ethyl adjacent to an activating group) is 1. The maximum Gasteiger partial charge on any atom is 0.245 e. The summed E-state index contributed by atoms with van der Waals surface area (Å²) in [6, 6.07) is -0.326. The molecule has 5 heteroatoms. The molecule has 0 spiro atoms. The van der Waals surface area contributed by atoms with Gasteiger partial charge in [0.15, 0.2) is 0 Å². The second-order valence-electron chi connectivity index (χ2n) is 6.08. The number of amides is 2. The molecule has 2 amide bonds. The van der Waals surface area contributed by atoms with Crippen LogP contribution in [0.1, 0.15) is 45.4 Å². The number of aliphatic hydroxyl groups excluding tert-OH is 1. The Bertz CT molecular complexity index is 368. The van der Waals surface area contributed by atoms with Crippen LogP contribution in [0.5, 0.6) is 0 Å². The molecule has 0 aromatic carbocycles. The van der Waals surface area contributed by atoms with Gasteiger partial charge in [0.05, 0.1) is 6.10 Å². The van der Waals surface area contributed by atoms with Crippen molar-refractivity contribution in [2.24, 2.45) is 5.92 Å². The molecule has 5 nitrogen and oxygen atoms in total. The van der Waals surface area contributed by atoms with Gasteiger partial charge in [0.1, 0.15) is 6.04 Å². The SMILES string of the molecule is CCC(=O)N1CCCCC1C(=O)N(C)CC(O)C1CC1. The summed E-state index contributed by atoms with van der Waals surface area (Å²) in [5.41, 5.74) is 0. The summed E-state index contributed by atoms with van der Waals surface area (Å²) in [6.45, 7) is 2.90. The first-order valence-electron chi connectivity index (χ1n) is 7.77. The van der Waals surface area contributed by atoms with Gasteiger partial charge in [-0.15, -0.1) is 0 Å². The molecule has 20 heavy (non-hydrogen) atoms. The molecule has 114 valence electrons. The van der Waals surface area contributed by atoms with E-state index in [2.05, 4.69) is 0 Å². The van der Waals surface area contributed by atoms with Crippen molar-refractivity contribution in [3.05, 3.63) is 0 Å². The van der Waals surface area contributed by atoms with Gasteiger partial charge in [-0.05, 0) is 38.0 Å². The largest absolute Gasteiger partial charge is 0.391 e. The maximum absolute atomic E-state index is 12.5. The molecule has 1 saturated heterocycles. The second kappa shape index (κ2) is 6.57. The molecule has 2 aliphatic rings. The fourth-order valence-electron chi connectivity index (χ4n) is 2.94. The molecule has 0 aromatic heterocycles. The number of likely N-dealkylation sites (tertiary alicyclic amines) is 1. The minimum absolute atomic E-state index is 0.0220. The Labute approximate surface area is 120 Å². The van der Waals surface area contributed by atoms with Crippen molar-refractivity contribution in [1.82, 2.24) is 9.80 Å². The molecule has 0 radical (unpaired) electrons. The average molecular weight is 282 g/mol. The van der Waals surface area contributed by atoms with Gasteiger partial charge in [-0.1, -0.05) is 6.92 Å². The van der Waals surface area contributed by atoms with E-state index in [4.69, 9.17) is 0 Å². The van der Waals surface area contributed by atoms with Crippen LogP contribution < -0.4 is 0 Å². The van der Waals surface area contributed by atoms with Crippen LogP contribution in [0.25, 0.3) is 0 Å². The quantitative estimate of drug-likeness (QED) is 0.818. The van der Waals surface area contributed by atoms with Crippen LogP contribution in [-0.4, -0.2) is 59.0 Å². The van der Waals surface area contributed by atoms with Gasteiger partial charge in [0.25, 0.3) is 0 Å². The fourth-order valence-corrected chi connectivity index (χ4v) is 2.94. The third-order valence-electron chi connectivity index (χ3n) is 4.41. The molecule has 2 rings (SSSR count). The van der Waals surface area contributed by atoms with Crippen LogP contribution in [0.3, 0.4) is 0 Å². The molecule has 2 fully saturated rings. The Morgan fingerprint density at radius 2 is 2.00 bits per heavy atom. The maximum atomic E-state index is 12.5. The van der Waals surface area contributed by atoms with Gasteiger partial charge in [-0.3, -0.25) is 9.59 Å². The Morgan fingerprint density at radius 1 is 1.30 bits per heavy atom. The Morgan fingerprint density at radius 3 is 2.60 bits per heavy atom. The Kier molecular flexibility index (Phi) is 5.02. The molecule has 1 heterocycles. The summed E-state index contributed by atoms with van der Waals surface area (Å²) in [7, 11) is 1.73.